The molecule has 3 N–H and O–H groups in total. The average Bonchev–Trinajstić information content (AvgIpc) is 2.78. The Morgan fingerprint density at radius 2 is 2.10 bits per heavy atom. The molecule has 0 aliphatic carbocycles. The van der Waals surface area contributed by atoms with Crippen LogP contribution in [0.3, 0.4) is 0 Å². The topological polar surface area (TPSA) is 68.2 Å². The predicted octanol–water partition coefficient (Wildman–Crippen LogP) is 2.39. The van der Waals surface area contributed by atoms with Gasteiger partial charge in [0.2, 0.25) is 0 Å². The lowest BCUT2D eigenvalue weighted by Gasteiger charge is -2.03. The molecule has 3 heterocycles. The molecule has 0 saturated heterocycles. The second kappa shape index (κ2) is 6.25. The number of fused-ring (bicyclic) bond motifs is 1. The predicted molar refractivity (Wildman–Crippen MR) is 83.3 cm³/mol. The minimum Gasteiger partial charge on any atom is -0.394 e. The summed E-state index contributed by atoms with van der Waals surface area (Å²) in [4.78, 5) is 4.09. The van der Waals surface area contributed by atoms with Crippen molar-refractivity contribution in [3.8, 4) is 0 Å². The van der Waals surface area contributed by atoms with Crippen LogP contribution in [0.4, 0.5) is 11.5 Å². The largest absolute Gasteiger partial charge is 0.394 e. The van der Waals surface area contributed by atoms with Gasteiger partial charge in [0.05, 0.1) is 5.52 Å². The van der Waals surface area contributed by atoms with Crippen molar-refractivity contribution in [2.45, 2.75) is 6.42 Å². The fourth-order valence-electron chi connectivity index (χ4n) is 2.02. The number of anilines is 2. The molecular formula is C14H16ClN5. The van der Waals surface area contributed by atoms with Crippen molar-refractivity contribution in [2.75, 3.05) is 17.6 Å². The Morgan fingerprint density at radius 3 is 2.85 bits per heavy atom. The summed E-state index contributed by atoms with van der Waals surface area (Å²) < 4.78 is 1.78. The fourth-order valence-corrected chi connectivity index (χ4v) is 2.02. The van der Waals surface area contributed by atoms with Gasteiger partial charge in [0, 0.05) is 25.1 Å². The lowest BCUT2D eigenvalue weighted by atomic mass is 10.2. The molecule has 3 aromatic rings. The Hall–Kier alpha value is -2.27. The number of hydrogen-bond acceptors (Lipinski definition) is 4. The van der Waals surface area contributed by atoms with Gasteiger partial charge in [0.1, 0.15) is 5.69 Å². The second-order valence-corrected chi connectivity index (χ2v) is 4.33. The molecule has 0 bridgehead atoms. The van der Waals surface area contributed by atoms with E-state index in [1.165, 1.54) is 5.56 Å². The molecule has 0 unspecified atom stereocenters. The maximum absolute atomic E-state index is 6.06. The number of nitrogens with zero attached hydrogens (tertiary/aromatic N) is 3. The van der Waals surface area contributed by atoms with E-state index >= 15 is 0 Å². The van der Waals surface area contributed by atoms with Crippen molar-refractivity contribution in [3.05, 3.63) is 54.5 Å². The monoisotopic (exact) mass is 289 g/mol. The van der Waals surface area contributed by atoms with E-state index < -0.39 is 0 Å². The van der Waals surface area contributed by atoms with Crippen LogP contribution in [-0.2, 0) is 6.42 Å². The number of hydrogen-bond donors (Lipinski definition) is 2. The molecule has 5 nitrogen and oxygen atoms in total. The third-order valence-corrected chi connectivity index (χ3v) is 3.01. The molecular weight excluding hydrogens is 274 g/mol. The van der Waals surface area contributed by atoms with Crippen molar-refractivity contribution in [2.24, 2.45) is 0 Å². The SMILES string of the molecule is Cl.Nc1c(NCCc2cccnc2)nn2ccccc12. The summed E-state index contributed by atoms with van der Waals surface area (Å²) in [5, 5.41) is 7.67. The van der Waals surface area contributed by atoms with Crippen LogP contribution in [0.2, 0.25) is 0 Å². The highest BCUT2D eigenvalue weighted by Gasteiger charge is 2.07. The van der Waals surface area contributed by atoms with Gasteiger partial charge in [-0.3, -0.25) is 4.98 Å². The highest BCUT2D eigenvalue weighted by molar-refractivity contribution is 5.85. The molecule has 0 saturated carbocycles. The Balaban J connectivity index is 0.00000147. The van der Waals surface area contributed by atoms with E-state index in [0.29, 0.717) is 5.69 Å². The third kappa shape index (κ3) is 2.83. The summed E-state index contributed by atoms with van der Waals surface area (Å²) in [7, 11) is 0. The summed E-state index contributed by atoms with van der Waals surface area (Å²) in [6, 6.07) is 9.83. The molecule has 0 spiro atoms. The summed E-state index contributed by atoms with van der Waals surface area (Å²) >= 11 is 0. The number of nitrogen functional groups attached to an aromatic ring is 1. The van der Waals surface area contributed by atoms with Crippen molar-refractivity contribution >= 4 is 29.4 Å². The van der Waals surface area contributed by atoms with Gasteiger partial charge in [-0.1, -0.05) is 12.1 Å². The smallest absolute Gasteiger partial charge is 0.172 e. The summed E-state index contributed by atoms with van der Waals surface area (Å²) in [6.45, 7) is 0.778. The molecule has 3 aromatic heterocycles. The molecule has 0 fully saturated rings. The van der Waals surface area contributed by atoms with Crippen LogP contribution in [0.25, 0.3) is 5.52 Å². The Kier molecular flexibility index (Phi) is 4.42. The number of nitrogens with one attached hydrogen (secondary N) is 1. The van der Waals surface area contributed by atoms with Gasteiger partial charge in [-0.05, 0) is 30.2 Å². The van der Waals surface area contributed by atoms with Crippen LogP contribution in [0.15, 0.2) is 48.9 Å². The standard InChI is InChI=1S/C14H15N5.ClH/c15-13-12-5-1-2-9-19(12)18-14(13)17-8-6-11-4-3-7-16-10-11;/h1-5,7,9-10H,6,8,15H2,(H,17,18);1H. The van der Waals surface area contributed by atoms with E-state index in [0.717, 1.165) is 24.3 Å². The first-order valence-corrected chi connectivity index (χ1v) is 6.20. The molecule has 0 radical (unpaired) electrons. The number of aromatic nitrogens is 3. The molecule has 0 atom stereocenters. The maximum Gasteiger partial charge on any atom is 0.172 e. The van der Waals surface area contributed by atoms with Gasteiger partial charge in [-0.2, -0.15) is 0 Å². The first-order chi connectivity index (χ1) is 9.34. The van der Waals surface area contributed by atoms with Gasteiger partial charge < -0.3 is 11.1 Å². The summed E-state index contributed by atoms with van der Waals surface area (Å²) in [6.07, 6.45) is 6.42. The van der Waals surface area contributed by atoms with Crippen LogP contribution < -0.4 is 11.1 Å². The summed E-state index contributed by atoms with van der Waals surface area (Å²) in [5.74, 6) is 0.732. The van der Waals surface area contributed by atoms with E-state index in [1.807, 2.05) is 36.7 Å². The van der Waals surface area contributed by atoms with Crippen molar-refractivity contribution in [3.63, 3.8) is 0 Å². The molecule has 0 aliphatic heterocycles. The quantitative estimate of drug-likeness (QED) is 0.774. The Bertz CT molecular complexity index is 680. The number of rotatable bonds is 4. The van der Waals surface area contributed by atoms with Crippen molar-refractivity contribution < 1.29 is 0 Å². The fraction of sp³-hybridized carbons (Fsp3) is 0.143. The normalized spacial score (nSPS) is 10.2. The van der Waals surface area contributed by atoms with Gasteiger partial charge in [-0.15, -0.1) is 17.5 Å². The zero-order valence-corrected chi connectivity index (χ0v) is 11.7. The maximum atomic E-state index is 6.06. The number of halogens is 1. The zero-order chi connectivity index (χ0) is 13.1. The van der Waals surface area contributed by atoms with E-state index in [9.17, 15) is 0 Å². The van der Waals surface area contributed by atoms with Gasteiger partial charge in [0.15, 0.2) is 5.82 Å². The van der Waals surface area contributed by atoms with E-state index in [4.69, 9.17) is 5.73 Å². The van der Waals surface area contributed by atoms with Crippen LogP contribution in [0.1, 0.15) is 5.56 Å². The molecule has 104 valence electrons. The van der Waals surface area contributed by atoms with Crippen LogP contribution in [0.5, 0.6) is 0 Å². The molecule has 6 heteroatoms. The van der Waals surface area contributed by atoms with E-state index in [2.05, 4.69) is 21.5 Å². The van der Waals surface area contributed by atoms with Crippen LogP contribution >= 0.6 is 12.4 Å². The zero-order valence-electron chi connectivity index (χ0n) is 10.9. The third-order valence-electron chi connectivity index (χ3n) is 3.01. The Morgan fingerprint density at radius 1 is 1.20 bits per heavy atom. The Labute approximate surface area is 123 Å². The highest BCUT2D eigenvalue weighted by atomic mass is 35.5. The first-order valence-electron chi connectivity index (χ1n) is 6.20. The lowest BCUT2D eigenvalue weighted by molar-refractivity contribution is 0.937. The lowest BCUT2D eigenvalue weighted by Crippen LogP contribution is -2.07. The first kappa shape index (κ1) is 14.1. The molecule has 0 amide bonds. The van der Waals surface area contributed by atoms with Crippen LogP contribution in [0, 0.1) is 0 Å². The average molecular weight is 290 g/mol. The highest BCUT2D eigenvalue weighted by Crippen LogP contribution is 2.22. The molecule has 20 heavy (non-hydrogen) atoms. The number of nitrogens with two attached hydrogens (primary N) is 1. The second-order valence-electron chi connectivity index (χ2n) is 4.33. The van der Waals surface area contributed by atoms with Crippen molar-refractivity contribution in [1.29, 1.82) is 0 Å². The van der Waals surface area contributed by atoms with Crippen LogP contribution in [-0.4, -0.2) is 21.1 Å². The minimum absolute atomic E-state index is 0. The van der Waals surface area contributed by atoms with Gasteiger partial charge >= 0.3 is 0 Å². The summed E-state index contributed by atoms with van der Waals surface area (Å²) in [5.41, 5.74) is 8.86. The minimum atomic E-state index is 0. The molecule has 0 aliphatic rings. The van der Waals surface area contributed by atoms with Crippen molar-refractivity contribution in [1.82, 2.24) is 14.6 Å². The molecule has 0 aromatic carbocycles. The van der Waals surface area contributed by atoms with E-state index in [1.54, 1.807) is 10.7 Å². The molecule has 3 rings (SSSR count). The van der Waals surface area contributed by atoms with E-state index in [-0.39, 0.29) is 12.4 Å². The number of pyridine rings is 2. The van der Waals surface area contributed by atoms with Gasteiger partial charge in [-0.25, -0.2) is 4.52 Å². The van der Waals surface area contributed by atoms with Gasteiger partial charge in [0.25, 0.3) is 0 Å².